The summed E-state index contributed by atoms with van der Waals surface area (Å²) < 4.78 is 5.84. The Bertz CT molecular complexity index is 1200. The highest BCUT2D eigenvalue weighted by molar-refractivity contribution is 6.35. The molecule has 10 heteroatoms. The Morgan fingerprint density at radius 3 is 2.50 bits per heavy atom. The van der Waals surface area contributed by atoms with Crippen molar-refractivity contribution >= 4 is 40.4 Å². The van der Waals surface area contributed by atoms with Crippen molar-refractivity contribution in [1.82, 2.24) is 9.97 Å². The first-order valence-corrected chi connectivity index (χ1v) is 11.2. The molecule has 0 bridgehead atoms. The normalized spacial score (nSPS) is 12.5. The average Bonchev–Trinajstić information content (AvgIpc) is 3.40. The van der Waals surface area contributed by atoms with Crippen LogP contribution in [0.1, 0.15) is 35.1 Å². The largest absolute Gasteiger partial charge is 0.489 e. The molecule has 1 aliphatic heterocycles. The first-order chi connectivity index (χ1) is 16.5. The highest BCUT2D eigenvalue weighted by Gasteiger charge is 2.19. The Labute approximate surface area is 208 Å². The number of pyridine rings is 2. The Balaban J connectivity index is 0.00000158. The number of nitriles is 1. The lowest BCUT2D eigenvalue weighted by molar-refractivity contribution is 0.306. The zero-order valence-corrected chi connectivity index (χ0v) is 20.1. The molecule has 1 saturated heterocycles. The molecule has 8 nitrogen and oxygen atoms in total. The molecule has 0 aliphatic carbocycles. The van der Waals surface area contributed by atoms with Gasteiger partial charge in [0.2, 0.25) is 0 Å². The molecule has 0 radical (unpaired) electrons. The summed E-state index contributed by atoms with van der Waals surface area (Å²) in [6.07, 6.45) is 6.79. The second-order valence-electron chi connectivity index (χ2n) is 7.40. The number of rotatable bonds is 6. The summed E-state index contributed by atoms with van der Waals surface area (Å²) in [5.74, 6) is 1.17. The molecule has 1 fully saturated rings. The molecule has 0 saturated carbocycles. The Morgan fingerprint density at radius 2 is 1.85 bits per heavy atom. The molecule has 1 aliphatic rings. The predicted molar refractivity (Wildman–Crippen MR) is 134 cm³/mol. The molecule has 3 aromatic rings. The van der Waals surface area contributed by atoms with Gasteiger partial charge in [0.15, 0.2) is 0 Å². The van der Waals surface area contributed by atoms with E-state index in [9.17, 15) is 5.26 Å². The third-order valence-electron chi connectivity index (χ3n) is 5.31. The minimum atomic E-state index is 0.140. The van der Waals surface area contributed by atoms with E-state index in [2.05, 4.69) is 20.9 Å². The zero-order chi connectivity index (χ0) is 24.7. The second kappa shape index (κ2) is 11.7. The molecule has 4 N–H and O–H groups in total. The van der Waals surface area contributed by atoms with E-state index in [0.29, 0.717) is 49.6 Å². The number of hydrogen-bond acceptors (Lipinski definition) is 8. The minimum Gasteiger partial charge on any atom is -0.489 e. The van der Waals surface area contributed by atoms with Crippen molar-refractivity contribution in [3.8, 4) is 11.8 Å². The van der Waals surface area contributed by atoms with Crippen LogP contribution in [0.25, 0.3) is 0 Å². The van der Waals surface area contributed by atoms with E-state index in [1.165, 1.54) is 12.4 Å². The molecule has 0 unspecified atom stereocenters. The van der Waals surface area contributed by atoms with Crippen LogP contribution in [0.2, 0.25) is 10.0 Å². The van der Waals surface area contributed by atoms with E-state index >= 15 is 0 Å². The summed E-state index contributed by atoms with van der Waals surface area (Å²) in [6, 6.07) is 8.96. The average molecular weight is 499 g/mol. The summed E-state index contributed by atoms with van der Waals surface area (Å²) >= 11 is 12.3. The third kappa shape index (κ3) is 5.57. The molecule has 1 aromatic carbocycles. The zero-order valence-electron chi connectivity index (χ0n) is 18.6. The minimum absolute atomic E-state index is 0.140. The Hall–Kier alpha value is -3.38. The first kappa shape index (κ1) is 25.2. The molecule has 0 spiro atoms. The number of nitrogens with two attached hydrogens (primary N) is 1. The number of benzene rings is 1. The van der Waals surface area contributed by atoms with Crippen LogP contribution in [0.5, 0.6) is 5.75 Å². The van der Waals surface area contributed by atoms with Gasteiger partial charge in [0.25, 0.3) is 0 Å². The van der Waals surface area contributed by atoms with Gasteiger partial charge in [-0.25, -0.2) is 4.98 Å². The quantitative estimate of drug-likeness (QED) is 0.337. The maximum atomic E-state index is 9.62. The van der Waals surface area contributed by atoms with Gasteiger partial charge in [-0.3, -0.25) is 10.4 Å². The summed E-state index contributed by atoms with van der Waals surface area (Å²) in [5.41, 5.74) is 8.78. The maximum absolute atomic E-state index is 9.62. The fourth-order valence-electron chi connectivity index (χ4n) is 3.59. The van der Waals surface area contributed by atoms with E-state index in [1.807, 2.05) is 0 Å². The number of halogens is 2. The number of aliphatic hydroxyl groups is 1. The van der Waals surface area contributed by atoms with Crippen molar-refractivity contribution in [3.05, 3.63) is 75.2 Å². The summed E-state index contributed by atoms with van der Waals surface area (Å²) in [5, 5.41) is 26.1. The van der Waals surface area contributed by atoms with E-state index < -0.39 is 0 Å². The molecular formula is C24H24Cl2N6O2. The first-order valence-electron chi connectivity index (χ1n) is 10.5. The predicted octanol–water partition coefficient (Wildman–Crippen LogP) is 4.44. The van der Waals surface area contributed by atoms with Crippen LogP contribution in [0.15, 0.2) is 42.9 Å². The number of nitrogen functional groups attached to an aromatic ring is 1. The van der Waals surface area contributed by atoms with Gasteiger partial charge in [-0.05, 0) is 37.1 Å². The number of aromatic nitrogens is 2. The number of ether oxygens (including phenoxy) is 1. The number of anilines is 2. The summed E-state index contributed by atoms with van der Waals surface area (Å²) in [6.45, 7) is 1.91. The SMILES string of the molecule is CO.N#Cc1cc(C(=N)c2cc(OCc3c(Cl)cncc3Cl)ccc2N)cnc1N1CCCC1. The molecule has 3 heterocycles. The van der Waals surface area contributed by atoms with Gasteiger partial charge in [-0.2, -0.15) is 5.26 Å². The Kier molecular flexibility index (Phi) is 8.66. The number of nitrogens with one attached hydrogen (secondary N) is 1. The van der Waals surface area contributed by atoms with Crippen molar-refractivity contribution < 1.29 is 9.84 Å². The van der Waals surface area contributed by atoms with Crippen molar-refractivity contribution in [3.63, 3.8) is 0 Å². The number of aliphatic hydroxyl groups excluding tert-OH is 1. The topological polar surface area (TPSA) is 132 Å². The lowest BCUT2D eigenvalue weighted by Gasteiger charge is -2.18. The maximum Gasteiger partial charge on any atom is 0.146 e. The van der Waals surface area contributed by atoms with Gasteiger partial charge in [-0.15, -0.1) is 0 Å². The van der Waals surface area contributed by atoms with E-state index in [4.69, 9.17) is 44.2 Å². The number of nitrogens with zero attached hydrogens (tertiary/aromatic N) is 4. The molecule has 0 atom stereocenters. The van der Waals surface area contributed by atoms with Gasteiger partial charge in [-0.1, -0.05) is 23.2 Å². The van der Waals surface area contributed by atoms with Crippen molar-refractivity contribution in [2.45, 2.75) is 19.4 Å². The molecule has 34 heavy (non-hydrogen) atoms. The summed E-state index contributed by atoms with van der Waals surface area (Å²) in [7, 11) is 1.00. The van der Waals surface area contributed by atoms with E-state index in [0.717, 1.165) is 33.0 Å². The third-order valence-corrected chi connectivity index (χ3v) is 5.96. The van der Waals surface area contributed by atoms with Crippen LogP contribution in [0.4, 0.5) is 11.5 Å². The molecule has 4 rings (SSSR count). The van der Waals surface area contributed by atoms with Gasteiger partial charge in [0.1, 0.15) is 24.2 Å². The molecule has 2 aromatic heterocycles. The lowest BCUT2D eigenvalue weighted by atomic mass is 10.0. The highest BCUT2D eigenvalue weighted by atomic mass is 35.5. The van der Waals surface area contributed by atoms with E-state index in [-0.39, 0.29) is 12.3 Å². The second-order valence-corrected chi connectivity index (χ2v) is 8.21. The monoisotopic (exact) mass is 498 g/mol. The standard InChI is InChI=1S/C23H20Cl2N6O.CH4O/c24-19-11-29-12-20(25)18(19)13-32-16-3-4-21(27)17(8-16)22(28)15-7-14(9-26)23(30-10-15)31-5-1-2-6-31;1-2/h3-4,7-8,10-12,28H,1-2,5-6,13,27H2;2H,1H3. The van der Waals surface area contributed by atoms with Crippen LogP contribution < -0.4 is 15.4 Å². The molecule has 176 valence electrons. The fraction of sp³-hybridized carbons (Fsp3) is 0.250. The Morgan fingerprint density at radius 1 is 1.18 bits per heavy atom. The van der Waals surface area contributed by atoms with Crippen LogP contribution in [0.3, 0.4) is 0 Å². The van der Waals surface area contributed by atoms with Crippen LogP contribution >= 0.6 is 23.2 Å². The lowest BCUT2D eigenvalue weighted by Crippen LogP contribution is -2.20. The van der Waals surface area contributed by atoms with Crippen molar-refractivity contribution in [1.29, 1.82) is 10.7 Å². The van der Waals surface area contributed by atoms with Crippen LogP contribution in [-0.2, 0) is 6.61 Å². The van der Waals surface area contributed by atoms with Crippen LogP contribution in [-0.4, -0.2) is 41.0 Å². The van der Waals surface area contributed by atoms with Crippen molar-refractivity contribution in [2.24, 2.45) is 0 Å². The van der Waals surface area contributed by atoms with Gasteiger partial charge < -0.3 is 20.5 Å². The van der Waals surface area contributed by atoms with Crippen LogP contribution in [0, 0.1) is 16.7 Å². The van der Waals surface area contributed by atoms with Gasteiger partial charge in [0, 0.05) is 61.2 Å². The molecular weight excluding hydrogens is 475 g/mol. The molecule has 0 amide bonds. The van der Waals surface area contributed by atoms with E-state index in [1.54, 1.807) is 30.5 Å². The van der Waals surface area contributed by atoms with Crippen molar-refractivity contribution in [2.75, 3.05) is 30.8 Å². The smallest absolute Gasteiger partial charge is 0.146 e. The van der Waals surface area contributed by atoms with Gasteiger partial charge >= 0.3 is 0 Å². The summed E-state index contributed by atoms with van der Waals surface area (Å²) in [4.78, 5) is 10.5. The van der Waals surface area contributed by atoms with Gasteiger partial charge in [0.05, 0.1) is 21.3 Å². The highest BCUT2D eigenvalue weighted by Crippen LogP contribution is 2.28. The fourth-order valence-corrected chi connectivity index (χ4v) is 4.06. The number of hydrogen-bond donors (Lipinski definition) is 3.